The van der Waals surface area contributed by atoms with E-state index in [9.17, 15) is 10.2 Å². The van der Waals surface area contributed by atoms with Gasteiger partial charge in [-0.1, -0.05) is 33.6 Å². The van der Waals surface area contributed by atoms with Gasteiger partial charge in [0.15, 0.2) is 0 Å². The molecule has 4 nitrogen and oxygen atoms in total. The van der Waals surface area contributed by atoms with Crippen LogP contribution in [-0.2, 0) is 9.47 Å². The van der Waals surface area contributed by atoms with Crippen LogP contribution in [0.4, 0.5) is 0 Å². The van der Waals surface area contributed by atoms with Crippen LogP contribution in [-0.4, -0.2) is 48.3 Å². The van der Waals surface area contributed by atoms with Crippen LogP contribution in [0.25, 0.3) is 0 Å². The lowest BCUT2D eigenvalue weighted by Gasteiger charge is -2.24. The molecule has 0 aliphatic heterocycles. The Hall–Kier alpha value is -0.160. The third-order valence-electron chi connectivity index (χ3n) is 3.63. The molecular weight excluding hydrogens is 256 g/mol. The van der Waals surface area contributed by atoms with Crippen LogP contribution in [0.2, 0.25) is 0 Å². The molecule has 0 saturated carbocycles. The van der Waals surface area contributed by atoms with Gasteiger partial charge in [0, 0.05) is 5.92 Å². The summed E-state index contributed by atoms with van der Waals surface area (Å²) in [4.78, 5) is 0. The van der Waals surface area contributed by atoms with Crippen molar-refractivity contribution in [3.8, 4) is 0 Å². The molecule has 0 rings (SSSR count). The summed E-state index contributed by atoms with van der Waals surface area (Å²) in [6, 6.07) is 0. The van der Waals surface area contributed by atoms with Crippen LogP contribution in [0.15, 0.2) is 0 Å². The highest BCUT2D eigenvalue weighted by Crippen LogP contribution is 2.14. The Bertz CT molecular complexity index is 211. The molecule has 0 aliphatic rings. The predicted octanol–water partition coefficient (Wildman–Crippen LogP) is 2.76. The zero-order valence-electron chi connectivity index (χ0n) is 13.7. The fourth-order valence-corrected chi connectivity index (χ4v) is 2.17. The second kappa shape index (κ2) is 12.6. The summed E-state index contributed by atoms with van der Waals surface area (Å²) in [5, 5.41) is 19.3. The second-order valence-electron chi connectivity index (χ2n) is 5.63. The Morgan fingerprint density at radius 1 is 0.850 bits per heavy atom. The van der Waals surface area contributed by atoms with Crippen LogP contribution in [0.1, 0.15) is 59.8 Å². The van der Waals surface area contributed by atoms with Gasteiger partial charge in [0.1, 0.15) is 0 Å². The molecule has 0 spiro atoms. The van der Waals surface area contributed by atoms with Gasteiger partial charge in [-0.15, -0.1) is 0 Å². The van der Waals surface area contributed by atoms with E-state index >= 15 is 0 Å². The quantitative estimate of drug-likeness (QED) is 0.547. The minimum absolute atomic E-state index is 0.0647. The number of hydrogen-bond acceptors (Lipinski definition) is 4. The Morgan fingerprint density at radius 3 is 1.90 bits per heavy atom. The zero-order chi connectivity index (χ0) is 15.4. The van der Waals surface area contributed by atoms with E-state index in [0.29, 0.717) is 25.7 Å². The van der Waals surface area contributed by atoms with E-state index < -0.39 is 0 Å². The van der Waals surface area contributed by atoms with E-state index in [0.717, 1.165) is 32.1 Å². The van der Waals surface area contributed by atoms with E-state index in [1.54, 1.807) is 0 Å². The molecule has 0 fully saturated rings. The Morgan fingerprint density at radius 2 is 1.40 bits per heavy atom. The summed E-state index contributed by atoms with van der Waals surface area (Å²) >= 11 is 0. The summed E-state index contributed by atoms with van der Waals surface area (Å²) in [7, 11) is 0. The molecule has 4 unspecified atom stereocenters. The van der Waals surface area contributed by atoms with Gasteiger partial charge in [-0.3, -0.25) is 0 Å². The van der Waals surface area contributed by atoms with Crippen molar-refractivity contribution in [1.82, 2.24) is 0 Å². The van der Waals surface area contributed by atoms with Crippen molar-refractivity contribution in [2.75, 3.05) is 19.8 Å². The highest BCUT2D eigenvalue weighted by atomic mass is 16.5. The van der Waals surface area contributed by atoms with E-state index in [-0.39, 0.29) is 18.3 Å². The molecule has 20 heavy (non-hydrogen) atoms. The maximum atomic E-state index is 9.67. The third kappa shape index (κ3) is 9.70. The number of aliphatic hydroxyl groups is 2. The fourth-order valence-electron chi connectivity index (χ4n) is 2.17. The number of rotatable bonds is 13. The van der Waals surface area contributed by atoms with E-state index in [2.05, 4.69) is 20.8 Å². The smallest absolute Gasteiger partial charge is 0.0773 e. The van der Waals surface area contributed by atoms with Crippen molar-refractivity contribution in [2.45, 2.75) is 78.1 Å². The SMILES string of the molecule is CCCC(O)COCC(CC)C(C)OCC(O)CCC. The van der Waals surface area contributed by atoms with Crippen LogP contribution < -0.4 is 0 Å². The van der Waals surface area contributed by atoms with Crippen molar-refractivity contribution in [2.24, 2.45) is 5.92 Å². The molecule has 0 bridgehead atoms. The lowest BCUT2D eigenvalue weighted by atomic mass is 10.0. The number of aliphatic hydroxyl groups excluding tert-OH is 2. The largest absolute Gasteiger partial charge is 0.391 e. The van der Waals surface area contributed by atoms with Crippen molar-refractivity contribution in [3.05, 3.63) is 0 Å². The molecule has 0 aromatic rings. The second-order valence-corrected chi connectivity index (χ2v) is 5.63. The first-order valence-electron chi connectivity index (χ1n) is 8.10. The molecule has 0 saturated heterocycles. The maximum absolute atomic E-state index is 9.67. The van der Waals surface area contributed by atoms with Crippen molar-refractivity contribution >= 4 is 0 Å². The van der Waals surface area contributed by atoms with Gasteiger partial charge in [0.25, 0.3) is 0 Å². The number of ether oxygens (including phenoxy) is 2. The molecule has 0 aliphatic carbocycles. The minimum Gasteiger partial charge on any atom is -0.391 e. The van der Waals surface area contributed by atoms with Gasteiger partial charge >= 0.3 is 0 Å². The van der Waals surface area contributed by atoms with Gasteiger partial charge in [-0.05, 0) is 26.2 Å². The van der Waals surface area contributed by atoms with E-state index in [4.69, 9.17) is 9.47 Å². The van der Waals surface area contributed by atoms with E-state index in [1.165, 1.54) is 0 Å². The van der Waals surface area contributed by atoms with Gasteiger partial charge in [-0.25, -0.2) is 0 Å². The van der Waals surface area contributed by atoms with Crippen molar-refractivity contribution in [1.29, 1.82) is 0 Å². The molecule has 0 amide bonds. The lowest BCUT2D eigenvalue weighted by molar-refractivity contribution is -0.0572. The van der Waals surface area contributed by atoms with Crippen molar-refractivity contribution < 1.29 is 19.7 Å². The Balaban J connectivity index is 3.87. The third-order valence-corrected chi connectivity index (χ3v) is 3.63. The highest BCUT2D eigenvalue weighted by Gasteiger charge is 2.18. The average Bonchev–Trinajstić information content (AvgIpc) is 2.41. The Kier molecular flexibility index (Phi) is 12.5. The Labute approximate surface area is 124 Å². The van der Waals surface area contributed by atoms with Crippen LogP contribution >= 0.6 is 0 Å². The molecule has 4 atom stereocenters. The normalized spacial score (nSPS) is 17.7. The first kappa shape index (κ1) is 19.8. The zero-order valence-corrected chi connectivity index (χ0v) is 13.7. The first-order valence-corrected chi connectivity index (χ1v) is 8.10. The van der Waals surface area contributed by atoms with Gasteiger partial charge < -0.3 is 19.7 Å². The topological polar surface area (TPSA) is 58.9 Å². The van der Waals surface area contributed by atoms with Gasteiger partial charge in [-0.2, -0.15) is 0 Å². The number of hydrogen-bond donors (Lipinski definition) is 2. The lowest BCUT2D eigenvalue weighted by Crippen LogP contribution is -2.29. The average molecular weight is 290 g/mol. The minimum atomic E-state index is -0.368. The fraction of sp³-hybridized carbons (Fsp3) is 1.00. The molecule has 0 radical (unpaired) electrons. The summed E-state index contributed by atoms with van der Waals surface area (Å²) < 4.78 is 11.3. The van der Waals surface area contributed by atoms with Crippen molar-refractivity contribution in [3.63, 3.8) is 0 Å². The molecule has 122 valence electrons. The van der Waals surface area contributed by atoms with Crippen LogP contribution in [0.5, 0.6) is 0 Å². The highest BCUT2D eigenvalue weighted by molar-refractivity contribution is 4.66. The summed E-state index contributed by atoms with van der Waals surface area (Å²) in [6.45, 7) is 9.63. The van der Waals surface area contributed by atoms with E-state index in [1.807, 2.05) is 6.92 Å². The molecule has 4 heteroatoms. The standard InChI is InChI=1S/C16H34O4/c1-5-8-15(17)11-19-10-14(7-3)13(4)20-12-16(18)9-6-2/h13-18H,5-12H2,1-4H3. The van der Waals surface area contributed by atoms with Crippen LogP contribution in [0, 0.1) is 5.92 Å². The molecule has 0 aromatic heterocycles. The van der Waals surface area contributed by atoms with Gasteiger partial charge in [0.05, 0.1) is 38.1 Å². The van der Waals surface area contributed by atoms with Gasteiger partial charge in [0.2, 0.25) is 0 Å². The predicted molar refractivity (Wildman–Crippen MR) is 81.8 cm³/mol. The monoisotopic (exact) mass is 290 g/mol. The maximum Gasteiger partial charge on any atom is 0.0773 e. The molecule has 2 N–H and O–H groups in total. The molecular formula is C16H34O4. The summed E-state index contributed by atoms with van der Waals surface area (Å²) in [5.74, 6) is 0.303. The van der Waals surface area contributed by atoms with Crippen LogP contribution in [0.3, 0.4) is 0 Å². The first-order chi connectivity index (χ1) is 9.54. The molecule has 0 heterocycles. The molecule has 0 aromatic carbocycles. The summed E-state index contributed by atoms with van der Waals surface area (Å²) in [5.41, 5.74) is 0. The summed E-state index contributed by atoms with van der Waals surface area (Å²) in [6.07, 6.45) is 3.80.